The van der Waals surface area contributed by atoms with Crippen LogP contribution in [0.2, 0.25) is 0 Å². The minimum atomic E-state index is 0.351. The van der Waals surface area contributed by atoms with Crippen LogP contribution in [0.1, 0.15) is 43.9 Å². The fraction of sp³-hybridized carbons (Fsp3) is 0.611. The maximum atomic E-state index is 4.58. The summed E-state index contributed by atoms with van der Waals surface area (Å²) in [6.07, 6.45) is 5.34. The maximum Gasteiger partial charge on any atom is 0.0684 e. The molecule has 2 aromatic rings. The van der Waals surface area contributed by atoms with Gasteiger partial charge in [-0.15, -0.1) is 0 Å². The number of hydrogen-bond donors (Lipinski definition) is 1. The van der Waals surface area contributed by atoms with E-state index in [9.17, 15) is 0 Å². The molecule has 1 saturated carbocycles. The molecule has 1 N–H and O–H groups in total. The van der Waals surface area contributed by atoms with Crippen molar-refractivity contribution in [2.45, 2.75) is 51.0 Å². The number of rotatable bonds is 1. The molecule has 4 rings (SSSR count). The van der Waals surface area contributed by atoms with Crippen LogP contribution in [0, 0.1) is 12.8 Å². The molecule has 0 spiro atoms. The molecule has 3 heteroatoms. The Bertz CT molecular complexity index is 687. The van der Waals surface area contributed by atoms with Crippen molar-refractivity contribution in [2.24, 2.45) is 13.0 Å². The fourth-order valence-electron chi connectivity index (χ4n) is 4.95. The Balaban J connectivity index is 1.86. The van der Waals surface area contributed by atoms with Crippen molar-refractivity contribution in [3.05, 3.63) is 29.5 Å². The summed E-state index contributed by atoms with van der Waals surface area (Å²) in [6.45, 7) is 5.68. The molecule has 0 bridgehead atoms. The molecule has 1 aliphatic carbocycles. The van der Waals surface area contributed by atoms with Gasteiger partial charge in [0.15, 0.2) is 0 Å². The Morgan fingerprint density at radius 1 is 1.33 bits per heavy atom. The molecular formula is C18H25N3. The predicted octanol–water partition coefficient (Wildman–Crippen LogP) is 3.30. The average Bonchev–Trinajstić information content (AvgIpc) is 3.03. The van der Waals surface area contributed by atoms with Gasteiger partial charge in [0.25, 0.3) is 0 Å². The number of aromatic nitrogens is 2. The minimum absolute atomic E-state index is 0.351. The summed E-state index contributed by atoms with van der Waals surface area (Å²) in [6, 6.07) is 7.72. The minimum Gasteiger partial charge on any atom is -0.313 e. The van der Waals surface area contributed by atoms with Crippen molar-refractivity contribution in [3.8, 4) is 0 Å². The van der Waals surface area contributed by atoms with Crippen LogP contribution in [0.4, 0.5) is 0 Å². The zero-order valence-electron chi connectivity index (χ0n) is 13.3. The Kier molecular flexibility index (Phi) is 2.90. The summed E-state index contributed by atoms with van der Waals surface area (Å²) in [4.78, 5) is 0. The van der Waals surface area contributed by atoms with Crippen molar-refractivity contribution in [1.82, 2.24) is 15.1 Å². The van der Waals surface area contributed by atoms with Gasteiger partial charge in [0.05, 0.1) is 11.2 Å². The second-order valence-corrected chi connectivity index (χ2v) is 7.15. The summed E-state index contributed by atoms with van der Waals surface area (Å²) in [7, 11) is 2.06. The Morgan fingerprint density at radius 3 is 3.05 bits per heavy atom. The largest absolute Gasteiger partial charge is 0.313 e. The molecule has 1 aromatic carbocycles. The van der Waals surface area contributed by atoms with Crippen LogP contribution >= 0.6 is 0 Å². The van der Waals surface area contributed by atoms with Gasteiger partial charge in [0.2, 0.25) is 0 Å². The third kappa shape index (κ3) is 1.80. The van der Waals surface area contributed by atoms with E-state index in [-0.39, 0.29) is 0 Å². The van der Waals surface area contributed by atoms with Crippen molar-refractivity contribution in [3.63, 3.8) is 0 Å². The van der Waals surface area contributed by atoms with E-state index >= 15 is 0 Å². The molecule has 0 amide bonds. The Morgan fingerprint density at radius 2 is 2.19 bits per heavy atom. The second-order valence-electron chi connectivity index (χ2n) is 7.15. The zero-order valence-corrected chi connectivity index (χ0v) is 13.3. The molecule has 1 aromatic heterocycles. The summed E-state index contributed by atoms with van der Waals surface area (Å²) >= 11 is 0. The number of aryl methyl sites for hydroxylation is 2. The standard InChI is InChI=1S/C18H25N3/c1-12-5-4-8-18(9-10-19-17(12)18)14-6-7-15-13(2)20-21(3)16(15)11-14/h6-7,11-12,17,19H,4-5,8-10H2,1-3H3/t12?,17-,18-/m1/s1. The van der Waals surface area contributed by atoms with Gasteiger partial charge in [-0.3, -0.25) is 4.68 Å². The molecule has 0 radical (unpaired) electrons. The fourth-order valence-corrected chi connectivity index (χ4v) is 4.95. The summed E-state index contributed by atoms with van der Waals surface area (Å²) < 4.78 is 2.04. The summed E-state index contributed by atoms with van der Waals surface area (Å²) in [5.74, 6) is 0.783. The van der Waals surface area contributed by atoms with Gasteiger partial charge in [-0.1, -0.05) is 25.5 Å². The molecule has 1 aliphatic heterocycles. The lowest BCUT2D eigenvalue weighted by molar-refractivity contribution is 0.202. The maximum absolute atomic E-state index is 4.58. The normalized spacial score (nSPS) is 32.5. The molecule has 2 heterocycles. The van der Waals surface area contributed by atoms with Crippen LogP contribution in [0.15, 0.2) is 18.2 Å². The van der Waals surface area contributed by atoms with E-state index in [0.29, 0.717) is 11.5 Å². The lowest BCUT2D eigenvalue weighted by Gasteiger charge is -2.43. The van der Waals surface area contributed by atoms with Crippen LogP contribution in [-0.4, -0.2) is 22.4 Å². The number of fused-ring (bicyclic) bond motifs is 2. The van der Waals surface area contributed by atoms with Gasteiger partial charge in [0.1, 0.15) is 0 Å². The van der Waals surface area contributed by atoms with Crippen molar-refractivity contribution in [2.75, 3.05) is 6.54 Å². The van der Waals surface area contributed by atoms with Gasteiger partial charge < -0.3 is 5.32 Å². The number of benzene rings is 1. The first kappa shape index (κ1) is 13.3. The third-order valence-corrected chi connectivity index (χ3v) is 5.99. The topological polar surface area (TPSA) is 29.9 Å². The van der Waals surface area contributed by atoms with E-state index in [2.05, 4.69) is 49.5 Å². The van der Waals surface area contributed by atoms with E-state index in [0.717, 1.165) is 18.2 Å². The highest BCUT2D eigenvalue weighted by atomic mass is 15.3. The molecule has 3 nitrogen and oxygen atoms in total. The number of nitrogens with zero attached hydrogens (tertiary/aromatic N) is 2. The van der Waals surface area contributed by atoms with E-state index in [1.54, 1.807) is 0 Å². The van der Waals surface area contributed by atoms with Crippen molar-refractivity contribution < 1.29 is 0 Å². The first-order valence-corrected chi connectivity index (χ1v) is 8.29. The predicted molar refractivity (Wildman–Crippen MR) is 86.6 cm³/mol. The summed E-state index contributed by atoms with van der Waals surface area (Å²) in [5, 5.41) is 9.66. The Labute approximate surface area is 126 Å². The lowest BCUT2D eigenvalue weighted by atomic mass is 9.63. The Hall–Kier alpha value is -1.35. The first-order valence-electron chi connectivity index (χ1n) is 8.29. The summed E-state index contributed by atoms with van der Waals surface area (Å²) in [5.41, 5.74) is 4.29. The van der Waals surface area contributed by atoms with E-state index in [1.165, 1.54) is 42.1 Å². The highest BCUT2D eigenvalue weighted by molar-refractivity contribution is 5.82. The highest BCUT2D eigenvalue weighted by Gasteiger charge is 2.48. The lowest BCUT2D eigenvalue weighted by Crippen LogP contribution is -2.47. The van der Waals surface area contributed by atoms with Gasteiger partial charge in [0, 0.05) is 23.9 Å². The third-order valence-electron chi connectivity index (χ3n) is 5.99. The van der Waals surface area contributed by atoms with Crippen LogP contribution in [0.3, 0.4) is 0 Å². The van der Waals surface area contributed by atoms with Crippen LogP contribution in [-0.2, 0) is 12.5 Å². The number of hydrogen-bond acceptors (Lipinski definition) is 2. The molecule has 112 valence electrons. The molecule has 1 unspecified atom stereocenters. The molecule has 3 atom stereocenters. The molecule has 1 saturated heterocycles. The van der Waals surface area contributed by atoms with Gasteiger partial charge in [-0.25, -0.2) is 0 Å². The highest BCUT2D eigenvalue weighted by Crippen LogP contribution is 2.47. The molecular weight excluding hydrogens is 258 g/mol. The second kappa shape index (κ2) is 4.57. The molecule has 2 aliphatic rings. The zero-order chi connectivity index (χ0) is 14.6. The van der Waals surface area contributed by atoms with Crippen molar-refractivity contribution >= 4 is 10.9 Å². The van der Waals surface area contributed by atoms with Gasteiger partial charge >= 0.3 is 0 Å². The van der Waals surface area contributed by atoms with Crippen molar-refractivity contribution in [1.29, 1.82) is 0 Å². The quantitative estimate of drug-likeness (QED) is 0.870. The van der Waals surface area contributed by atoms with Gasteiger partial charge in [-0.2, -0.15) is 5.10 Å². The van der Waals surface area contributed by atoms with E-state index in [4.69, 9.17) is 0 Å². The van der Waals surface area contributed by atoms with E-state index in [1.807, 2.05) is 4.68 Å². The van der Waals surface area contributed by atoms with Crippen LogP contribution in [0.5, 0.6) is 0 Å². The molecule has 21 heavy (non-hydrogen) atoms. The van der Waals surface area contributed by atoms with Crippen LogP contribution < -0.4 is 5.32 Å². The SMILES string of the molecule is Cc1nn(C)c2cc([C@]34CCCC(C)[C@H]3NCC4)ccc12. The smallest absolute Gasteiger partial charge is 0.0684 e. The van der Waals surface area contributed by atoms with Gasteiger partial charge in [-0.05, 0) is 50.3 Å². The number of nitrogens with one attached hydrogen (secondary N) is 1. The first-order chi connectivity index (χ1) is 10.1. The van der Waals surface area contributed by atoms with Crippen LogP contribution in [0.25, 0.3) is 10.9 Å². The average molecular weight is 283 g/mol. The monoisotopic (exact) mass is 283 g/mol. The molecule has 2 fully saturated rings. The van der Waals surface area contributed by atoms with E-state index < -0.39 is 0 Å².